The Kier molecular flexibility index (Phi) is 17.6. The summed E-state index contributed by atoms with van der Waals surface area (Å²) in [5, 5.41) is 10.6. The lowest BCUT2D eigenvalue weighted by atomic mass is 9.98. The number of hydrogen-bond donors (Lipinski definition) is 2. The summed E-state index contributed by atoms with van der Waals surface area (Å²) in [4.78, 5) is 18.3. The summed E-state index contributed by atoms with van der Waals surface area (Å²) in [5.74, 6) is 0.300. The number of rotatable bonds is 6. The molecule has 0 aliphatic carbocycles. The number of hydrogen-bond acceptors (Lipinski definition) is 9. The monoisotopic (exact) mass is 775 g/mol. The number of carbonyl (C=O) groups is 1. The van der Waals surface area contributed by atoms with Gasteiger partial charge >= 0.3 is 0 Å². The Morgan fingerprint density at radius 2 is 0.941 bits per heavy atom. The minimum absolute atomic E-state index is 0.0714. The summed E-state index contributed by atoms with van der Waals surface area (Å²) in [7, 11) is 1.03. The lowest BCUT2D eigenvalue weighted by Crippen LogP contribution is -2.57. The third kappa shape index (κ3) is 14.2. The Morgan fingerprint density at radius 3 is 1.33 bits per heavy atom. The Balaban J connectivity index is 0.000000382. The molecule has 0 aromatic carbocycles. The fourth-order valence-electron chi connectivity index (χ4n) is 5.98. The van der Waals surface area contributed by atoms with Gasteiger partial charge in [-0.25, -0.2) is 0 Å². The van der Waals surface area contributed by atoms with Crippen LogP contribution in [0, 0.1) is 0 Å². The molecule has 3 saturated heterocycles. The molecule has 0 bridgehead atoms. The van der Waals surface area contributed by atoms with Gasteiger partial charge in [-0.05, 0) is 103 Å². The minimum Gasteiger partial charge on any atom is -0.412 e. The van der Waals surface area contributed by atoms with E-state index in [9.17, 15) is 9.90 Å². The number of carbonyl (C=O) groups excluding carboxylic acids is 1. The topological polar surface area (TPSA) is 101 Å². The van der Waals surface area contributed by atoms with Gasteiger partial charge in [0.2, 0.25) is 0 Å². The predicted octanol–water partition coefficient (Wildman–Crippen LogP) is 7.56. The molecule has 0 saturated carbocycles. The number of Topliss-reactive ketones (excluding diaryl/α,β-unsaturated/α-hetero) is 1. The number of likely N-dealkylation sites (N-methyl/N-ethyl adjacent to an activating group) is 3. The maximum Gasteiger partial charge on any atom is 0.192 e. The summed E-state index contributed by atoms with van der Waals surface area (Å²) < 4.78 is 19.3. The third-order valence-electron chi connectivity index (χ3n) is 13.4. The number of β-amino-alcohol motifs (C(OH)–C–C–N with tert-alkyl or cyclic N) is 1. The van der Waals surface area contributed by atoms with Gasteiger partial charge in [0.1, 0.15) is 5.78 Å². The van der Waals surface area contributed by atoms with Crippen molar-refractivity contribution < 1.29 is 23.2 Å². The standard InChI is InChI=1S/C13H30N2OSi.C13H29NO2Si.C13H27NO2Si/c1-10-12(8-11(14)9-15(10)5)16-17(6,7)13(2,3)4;2*1-10-12(8-11(15)9-14(10)5)16-17(6,7)13(2,3)4/h10-12H,8-9,14H2,1-7H3;10-12,15H,8-9H2,1-7H3;10,12H,8-9H2,1-7H3/t2*10-,11+,12-;10-,12-/m000/s1. The zero-order chi connectivity index (χ0) is 40.3. The highest BCUT2D eigenvalue weighted by molar-refractivity contribution is 6.75. The van der Waals surface area contributed by atoms with E-state index >= 15 is 0 Å². The average Bonchev–Trinajstić information content (AvgIpc) is 2.91. The largest absolute Gasteiger partial charge is 0.412 e. The Labute approximate surface area is 319 Å². The molecule has 0 amide bonds. The number of aliphatic hydroxyl groups excluding tert-OH is 1. The van der Waals surface area contributed by atoms with Crippen molar-refractivity contribution in [3.63, 3.8) is 0 Å². The molecule has 3 rings (SSSR count). The highest BCUT2D eigenvalue weighted by atomic mass is 28.4. The molecular formula is C39H86N4O5Si3. The van der Waals surface area contributed by atoms with Crippen LogP contribution in [-0.2, 0) is 18.1 Å². The minimum atomic E-state index is -1.77. The first kappa shape index (κ1) is 49.0. The van der Waals surface area contributed by atoms with E-state index in [4.69, 9.17) is 19.0 Å². The van der Waals surface area contributed by atoms with Gasteiger partial charge in [-0.15, -0.1) is 0 Å². The smallest absolute Gasteiger partial charge is 0.192 e. The fourth-order valence-corrected chi connectivity index (χ4v) is 10.2. The molecule has 3 N–H and O–H groups in total. The lowest BCUT2D eigenvalue weighted by molar-refractivity contribution is -0.127. The summed E-state index contributed by atoms with van der Waals surface area (Å²) in [6.07, 6.45) is 2.65. The number of nitrogens with zero attached hydrogens (tertiary/aromatic N) is 3. The van der Waals surface area contributed by atoms with Crippen LogP contribution in [0.5, 0.6) is 0 Å². The quantitative estimate of drug-likeness (QED) is 0.265. The van der Waals surface area contributed by atoms with Crippen molar-refractivity contribution in [2.24, 2.45) is 5.73 Å². The second-order valence-electron chi connectivity index (χ2n) is 20.9. The van der Waals surface area contributed by atoms with E-state index in [1.165, 1.54) is 0 Å². The zero-order valence-electron chi connectivity index (χ0n) is 37.4. The molecule has 3 aliphatic rings. The molecule has 12 heteroatoms. The average molecular weight is 775 g/mol. The van der Waals surface area contributed by atoms with Gasteiger partial charge in [-0.2, -0.15) is 0 Å². The van der Waals surface area contributed by atoms with Crippen molar-refractivity contribution >= 4 is 30.7 Å². The van der Waals surface area contributed by atoms with Crippen LogP contribution in [0.4, 0.5) is 0 Å². The van der Waals surface area contributed by atoms with E-state index in [0.29, 0.717) is 43.0 Å². The molecule has 3 heterocycles. The molecule has 0 spiro atoms. The molecule has 8 atom stereocenters. The van der Waals surface area contributed by atoms with E-state index in [-0.39, 0.29) is 39.5 Å². The highest BCUT2D eigenvalue weighted by Gasteiger charge is 2.45. The van der Waals surface area contributed by atoms with Crippen molar-refractivity contribution in [1.82, 2.24) is 14.7 Å². The van der Waals surface area contributed by atoms with Crippen molar-refractivity contribution in [3.8, 4) is 0 Å². The number of ketones is 1. The van der Waals surface area contributed by atoms with Crippen molar-refractivity contribution in [3.05, 3.63) is 0 Å². The first-order valence-corrected chi connectivity index (χ1v) is 28.5. The lowest BCUT2D eigenvalue weighted by Gasteiger charge is -2.46. The molecular weight excluding hydrogens is 689 g/mol. The first-order chi connectivity index (χ1) is 22.6. The number of likely N-dealkylation sites (tertiary alicyclic amines) is 3. The molecule has 0 unspecified atom stereocenters. The SMILES string of the molecule is C[C@H]1[C@@H](O[Si](C)(C)C(C)(C)C)CC(=O)CN1C.C[C@H]1[C@@H](O[Si](C)(C)C(C)(C)C)C[C@@H](N)CN1C.C[C@H]1[C@@H](O[Si](C)(C)C(C)(C)C)C[C@@H](O)CN1C. The van der Waals surface area contributed by atoms with Crippen LogP contribution < -0.4 is 5.73 Å². The second kappa shape index (κ2) is 18.3. The summed E-state index contributed by atoms with van der Waals surface area (Å²) in [5.41, 5.74) is 6.10. The summed E-state index contributed by atoms with van der Waals surface area (Å²) >= 11 is 0. The normalized spacial score (nSPS) is 31.4. The van der Waals surface area contributed by atoms with Crippen LogP contribution in [0.15, 0.2) is 0 Å². The molecule has 51 heavy (non-hydrogen) atoms. The van der Waals surface area contributed by atoms with Crippen LogP contribution in [-0.4, -0.2) is 140 Å². The van der Waals surface area contributed by atoms with Gasteiger partial charge < -0.3 is 24.1 Å². The maximum atomic E-state index is 11.7. The van der Waals surface area contributed by atoms with Gasteiger partial charge in [0, 0.05) is 50.1 Å². The maximum absolute atomic E-state index is 11.7. The Bertz CT molecular complexity index is 1030. The molecule has 0 aromatic rings. The van der Waals surface area contributed by atoms with Crippen LogP contribution >= 0.6 is 0 Å². The third-order valence-corrected chi connectivity index (χ3v) is 26.9. The second-order valence-corrected chi connectivity index (χ2v) is 35.2. The van der Waals surface area contributed by atoms with Gasteiger partial charge in [-0.3, -0.25) is 19.5 Å². The predicted molar refractivity (Wildman–Crippen MR) is 225 cm³/mol. The van der Waals surface area contributed by atoms with Crippen molar-refractivity contribution in [2.75, 3.05) is 40.8 Å². The summed E-state index contributed by atoms with van der Waals surface area (Å²) in [6, 6.07) is 1.46. The molecule has 0 aromatic heterocycles. The zero-order valence-corrected chi connectivity index (χ0v) is 40.4. The van der Waals surface area contributed by atoms with Gasteiger partial charge in [-0.1, -0.05) is 62.3 Å². The molecule has 304 valence electrons. The molecule has 3 fully saturated rings. The van der Waals surface area contributed by atoms with Crippen LogP contribution in [0.1, 0.15) is 102 Å². The van der Waals surface area contributed by atoms with Gasteiger partial charge in [0.05, 0.1) is 31.0 Å². The van der Waals surface area contributed by atoms with E-state index < -0.39 is 25.0 Å². The van der Waals surface area contributed by atoms with Crippen LogP contribution in [0.25, 0.3) is 0 Å². The van der Waals surface area contributed by atoms with Crippen molar-refractivity contribution in [2.45, 2.75) is 205 Å². The van der Waals surface area contributed by atoms with Crippen molar-refractivity contribution in [1.29, 1.82) is 0 Å². The van der Waals surface area contributed by atoms with E-state index in [2.05, 4.69) is 151 Å². The van der Waals surface area contributed by atoms with Crippen LogP contribution in [0.2, 0.25) is 54.4 Å². The number of aliphatic hydroxyl groups is 1. The Morgan fingerprint density at radius 1 is 0.608 bits per heavy atom. The van der Waals surface area contributed by atoms with Gasteiger partial charge in [0.25, 0.3) is 0 Å². The molecule has 9 nitrogen and oxygen atoms in total. The van der Waals surface area contributed by atoms with Crippen LogP contribution in [0.3, 0.4) is 0 Å². The number of nitrogens with two attached hydrogens (primary N) is 1. The van der Waals surface area contributed by atoms with E-state index in [1.54, 1.807) is 0 Å². The molecule has 0 radical (unpaired) electrons. The highest BCUT2D eigenvalue weighted by Crippen LogP contribution is 2.41. The Hall–Kier alpha value is 0.000649. The number of piperidine rings is 3. The van der Waals surface area contributed by atoms with E-state index in [1.807, 2.05) is 7.05 Å². The van der Waals surface area contributed by atoms with Gasteiger partial charge in [0.15, 0.2) is 25.0 Å². The first-order valence-electron chi connectivity index (χ1n) is 19.7. The summed E-state index contributed by atoms with van der Waals surface area (Å²) in [6.45, 7) is 43.0. The fraction of sp³-hybridized carbons (Fsp3) is 0.974. The van der Waals surface area contributed by atoms with E-state index in [0.717, 1.165) is 25.9 Å². The molecule has 3 aliphatic heterocycles.